The van der Waals surface area contributed by atoms with Crippen LogP contribution >= 0.6 is 23.4 Å². The van der Waals surface area contributed by atoms with Crippen LogP contribution in [0.25, 0.3) is 0 Å². The second-order valence-corrected chi connectivity index (χ2v) is 6.14. The monoisotopic (exact) mass is 350 g/mol. The van der Waals surface area contributed by atoms with Crippen LogP contribution in [0.3, 0.4) is 0 Å². The number of urea groups is 1. The minimum Gasteiger partial charge on any atom is -0.492 e. The van der Waals surface area contributed by atoms with Gasteiger partial charge in [0.2, 0.25) is 0 Å². The highest BCUT2D eigenvalue weighted by molar-refractivity contribution is 7.98. The highest BCUT2D eigenvalue weighted by atomic mass is 35.5. The van der Waals surface area contributed by atoms with Crippen LogP contribution < -0.4 is 10.1 Å². The van der Waals surface area contributed by atoms with Crippen molar-refractivity contribution in [3.63, 3.8) is 0 Å². The van der Waals surface area contributed by atoms with Crippen LogP contribution in [0.1, 0.15) is 0 Å². The zero-order valence-electron chi connectivity index (χ0n) is 13.1. The number of hydrogen-bond acceptors (Lipinski definition) is 3. The first-order chi connectivity index (χ1) is 11.1. The molecule has 23 heavy (non-hydrogen) atoms. The van der Waals surface area contributed by atoms with Gasteiger partial charge in [-0.1, -0.05) is 29.8 Å². The fourth-order valence-corrected chi connectivity index (χ4v) is 2.61. The fraction of sp³-hybridized carbons (Fsp3) is 0.235. The standard InChI is InChI=1S/C17H19ClN2O2S/c1-20(10-11-22-14-6-4-3-5-7-14)17(21)19-15-12-13(18)8-9-16(15)23-2/h3-9,12H,10-11H2,1-2H3,(H,19,21). The van der Waals surface area contributed by atoms with E-state index in [1.54, 1.807) is 35.8 Å². The minimum absolute atomic E-state index is 0.195. The average molecular weight is 351 g/mol. The van der Waals surface area contributed by atoms with Crippen molar-refractivity contribution in [3.05, 3.63) is 53.6 Å². The summed E-state index contributed by atoms with van der Waals surface area (Å²) in [6, 6.07) is 14.8. The Labute approximate surface area is 145 Å². The van der Waals surface area contributed by atoms with E-state index in [0.29, 0.717) is 23.9 Å². The predicted molar refractivity (Wildman–Crippen MR) is 96.8 cm³/mol. The van der Waals surface area contributed by atoms with Crippen LogP contribution in [0.4, 0.5) is 10.5 Å². The topological polar surface area (TPSA) is 41.6 Å². The summed E-state index contributed by atoms with van der Waals surface area (Å²) in [5.41, 5.74) is 0.714. The van der Waals surface area contributed by atoms with Gasteiger partial charge in [-0.3, -0.25) is 0 Å². The lowest BCUT2D eigenvalue weighted by Crippen LogP contribution is -2.34. The number of nitrogens with one attached hydrogen (secondary N) is 1. The second-order valence-electron chi connectivity index (χ2n) is 4.86. The molecule has 0 fully saturated rings. The van der Waals surface area contributed by atoms with Gasteiger partial charge in [-0.05, 0) is 36.6 Å². The second kappa shape index (κ2) is 8.70. The third-order valence-electron chi connectivity index (χ3n) is 3.19. The van der Waals surface area contributed by atoms with E-state index in [0.717, 1.165) is 10.6 Å². The number of hydrogen-bond donors (Lipinski definition) is 1. The smallest absolute Gasteiger partial charge is 0.321 e. The number of carbonyl (C=O) groups excluding carboxylic acids is 1. The van der Waals surface area contributed by atoms with Crippen molar-refractivity contribution >= 4 is 35.1 Å². The summed E-state index contributed by atoms with van der Waals surface area (Å²) in [5.74, 6) is 0.792. The van der Waals surface area contributed by atoms with E-state index in [1.165, 1.54) is 0 Å². The summed E-state index contributed by atoms with van der Waals surface area (Å²) >= 11 is 7.55. The van der Waals surface area contributed by atoms with Crippen LogP contribution in [-0.4, -0.2) is 37.4 Å². The van der Waals surface area contributed by atoms with Crippen LogP contribution in [0.5, 0.6) is 5.75 Å². The number of rotatable bonds is 6. The van der Waals surface area contributed by atoms with Gasteiger partial charge in [-0.2, -0.15) is 0 Å². The SMILES string of the molecule is CSc1ccc(Cl)cc1NC(=O)N(C)CCOc1ccccc1. The molecule has 0 aliphatic carbocycles. The first-order valence-electron chi connectivity index (χ1n) is 7.13. The molecular weight excluding hydrogens is 332 g/mol. The number of amides is 2. The normalized spacial score (nSPS) is 10.2. The Morgan fingerprint density at radius 1 is 1.26 bits per heavy atom. The molecule has 0 radical (unpaired) electrons. The van der Waals surface area contributed by atoms with E-state index in [-0.39, 0.29) is 6.03 Å². The van der Waals surface area contributed by atoms with E-state index in [9.17, 15) is 4.79 Å². The summed E-state index contributed by atoms with van der Waals surface area (Å²) in [5, 5.41) is 3.47. The number of benzene rings is 2. The van der Waals surface area contributed by atoms with Crippen molar-refractivity contribution in [1.29, 1.82) is 0 Å². The molecule has 0 heterocycles. The Kier molecular flexibility index (Phi) is 6.62. The molecule has 0 saturated carbocycles. The molecule has 1 N–H and O–H groups in total. The largest absolute Gasteiger partial charge is 0.492 e. The van der Waals surface area contributed by atoms with Gasteiger partial charge in [0, 0.05) is 17.0 Å². The van der Waals surface area contributed by atoms with E-state index >= 15 is 0 Å². The molecule has 2 aromatic carbocycles. The molecule has 4 nitrogen and oxygen atoms in total. The number of para-hydroxylation sites is 1. The summed E-state index contributed by atoms with van der Waals surface area (Å²) in [6.45, 7) is 0.911. The minimum atomic E-state index is -0.195. The number of nitrogens with zero attached hydrogens (tertiary/aromatic N) is 1. The Hall–Kier alpha value is -1.85. The van der Waals surface area contributed by atoms with Crippen molar-refractivity contribution in [2.75, 3.05) is 31.8 Å². The Bertz CT molecular complexity index is 652. The molecule has 0 spiro atoms. The van der Waals surface area contributed by atoms with Gasteiger partial charge >= 0.3 is 6.03 Å². The molecule has 0 aliphatic heterocycles. The van der Waals surface area contributed by atoms with Crippen molar-refractivity contribution < 1.29 is 9.53 Å². The fourth-order valence-electron chi connectivity index (χ4n) is 1.91. The summed E-state index contributed by atoms with van der Waals surface area (Å²) in [4.78, 5) is 14.8. The predicted octanol–water partition coefficient (Wildman–Crippen LogP) is 4.60. The molecule has 2 aromatic rings. The quantitative estimate of drug-likeness (QED) is 0.774. The molecule has 0 atom stereocenters. The molecule has 0 aromatic heterocycles. The van der Waals surface area contributed by atoms with Crippen molar-refractivity contribution in [1.82, 2.24) is 4.90 Å². The van der Waals surface area contributed by atoms with Crippen molar-refractivity contribution in [2.45, 2.75) is 4.90 Å². The maximum atomic E-state index is 12.2. The lowest BCUT2D eigenvalue weighted by atomic mass is 10.3. The maximum Gasteiger partial charge on any atom is 0.321 e. The first kappa shape index (κ1) is 17.5. The van der Waals surface area contributed by atoms with Gasteiger partial charge in [0.25, 0.3) is 0 Å². The third-order valence-corrected chi connectivity index (χ3v) is 4.22. The van der Waals surface area contributed by atoms with Crippen LogP contribution in [0.2, 0.25) is 5.02 Å². The van der Waals surface area contributed by atoms with Crippen LogP contribution in [-0.2, 0) is 0 Å². The van der Waals surface area contributed by atoms with E-state index in [4.69, 9.17) is 16.3 Å². The number of likely N-dealkylation sites (N-methyl/N-ethyl adjacent to an activating group) is 1. The lowest BCUT2D eigenvalue weighted by Gasteiger charge is -2.19. The molecule has 2 amide bonds. The Morgan fingerprint density at radius 2 is 2.00 bits per heavy atom. The zero-order valence-corrected chi connectivity index (χ0v) is 14.7. The molecule has 0 bridgehead atoms. The average Bonchev–Trinajstić information content (AvgIpc) is 2.56. The van der Waals surface area contributed by atoms with Crippen LogP contribution in [0.15, 0.2) is 53.4 Å². The van der Waals surface area contributed by atoms with Gasteiger partial charge in [-0.25, -0.2) is 4.79 Å². The van der Waals surface area contributed by atoms with E-state index in [1.807, 2.05) is 42.7 Å². The van der Waals surface area contributed by atoms with Gasteiger partial charge in [0.05, 0.1) is 12.2 Å². The van der Waals surface area contributed by atoms with Gasteiger partial charge < -0.3 is 15.0 Å². The molecule has 122 valence electrons. The lowest BCUT2D eigenvalue weighted by molar-refractivity contribution is 0.207. The van der Waals surface area contributed by atoms with Gasteiger partial charge in [-0.15, -0.1) is 11.8 Å². The highest BCUT2D eigenvalue weighted by Crippen LogP contribution is 2.28. The number of anilines is 1. The number of halogens is 1. The van der Waals surface area contributed by atoms with Crippen LogP contribution in [0, 0.1) is 0 Å². The Morgan fingerprint density at radius 3 is 2.70 bits per heavy atom. The molecule has 6 heteroatoms. The number of ether oxygens (including phenoxy) is 1. The maximum absolute atomic E-state index is 12.2. The molecule has 0 aliphatic rings. The molecule has 0 unspecified atom stereocenters. The summed E-state index contributed by atoms with van der Waals surface area (Å²) in [7, 11) is 1.73. The Balaban J connectivity index is 1.86. The van der Waals surface area contributed by atoms with E-state index in [2.05, 4.69) is 5.32 Å². The van der Waals surface area contributed by atoms with Gasteiger partial charge in [0.1, 0.15) is 12.4 Å². The molecule has 0 saturated heterocycles. The third kappa shape index (κ3) is 5.37. The van der Waals surface area contributed by atoms with Gasteiger partial charge in [0.15, 0.2) is 0 Å². The van der Waals surface area contributed by atoms with Crippen molar-refractivity contribution in [3.8, 4) is 5.75 Å². The highest BCUT2D eigenvalue weighted by Gasteiger charge is 2.11. The number of carbonyl (C=O) groups is 1. The zero-order chi connectivity index (χ0) is 16.7. The number of thioether (sulfide) groups is 1. The summed E-state index contributed by atoms with van der Waals surface area (Å²) < 4.78 is 5.59. The molecule has 2 rings (SSSR count). The first-order valence-corrected chi connectivity index (χ1v) is 8.74. The molecular formula is C17H19ClN2O2S. The van der Waals surface area contributed by atoms with Crippen molar-refractivity contribution in [2.24, 2.45) is 0 Å². The van der Waals surface area contributed by atoms with E-state index < -0.39 is 0 Å². The summed E-state index contributed by atoms with van der Waals surface area (Å²) in [6.07, 6.45) is 1.95.